The van der Waals surface area contributed by atoms with Crippen molar-refractivity contribution in [2.45, 2.75) is 0 Å². The molecule has 1 N–H and O–H groups in total. The molecule has 2 heterocycles. The van der Waals surface area contributed by atoms with Gasteiger partial charge in [0.15, 0.2) is 11.4 Å². The van der Waals surface area contributed by atoms with Gasteiger partial charge in [-0.2, -0.15) is 10.4 Å². The van der Waals surface area contributed by atoms with Crippen molar-refractivity contribution < 1.29 is 4.79 Å². The molecule has 0 atom stereocenters. The Morgan fingerprint density at radius 1 is 1.61 bits per heavy atom. The van der Waals surface area contributed by atoms with Crippen molar-refractivity contribution in [3.05, 3.63) is 40.4 Å². The normalized spacial score (nSPS) is 9.83. The van der Waals surface area contributed by atoms with Gasteiger partial charge < -0.3 is 5.32 Å². The molecule has 2 aromatic heterocycles. The minimum Gasteiger partial charge on any atom is -0.354 e. The molecular weight excluding hydrogens is 298 g/mol. The van der Waals surface area contributed by atoms with Gasteiger partial charge in [-0.15, -0.1) is 0 Å². The van der Waals surface area contributed by atoms with E-state index in [-0.39, 0.29) is 17.3 Å². The third-order valence-corrected chi connectivity index (χ3v) is 2.67. The number of rotatable bonds is 2. The Hall–Kier alpha value is -2.20. The lowest BCUT2D eigenvalue weighted by Gasteiger charge is -2.03. The number of hydrogen-bond acceptors (Lipinski definition) is 4. The fourth-order valence-corrected chi connectivity index (χ4v) is 1.72. The Labute approximate surface area is 111 Å². The van der Waals surface area contributed by atoms with Crippen LogP contribution < -0.4 is 5.32 Å². The van der Waals surface area contributed by atoms with E-state index in [1.54, 1.807) is 18.3 Å². The summed E-state index contributed by atoms with van der Waals surface area (Å²) in [7, 11) is 1.53. The molecule has 90 valence electrons. The van der Waals surface area contributed by atoms with Crippen molar-refractivity contribution in [1.29, 1.82) is 5.26 Å². The highest BCUT2D eigenvalue weighted by Crippen LogP contribution is 2.17. The summed E-state index contributed by atoms with van der Waals surface area (Å²) in [6.45, 7) is 0. The highest BCUT2D eigenvalue weighted by atomic mass is 79.9. The number of nitrogens with zero attached hydrogens (tertiary/aromatic N) is 4. The molecule has 0 radical (unpaired) electrons. The zero-order valence-corrected chi connectivity index (χ0v) is 11.0. The Balaban J connectivity index is 2.49. The van der Waals surface area contributed by atoms with Crippen LogP contribution in [0.4, 0.5) is 0 Å². The summed E-state index contributed by atoms with van der Waals surface area (Å²) in [5.74, 6) is -0.282. The van der Waals surface area contributed by atoms with Crippen LogP contribution in [0.1, 0.15) is 16.2 Å². The number of pyridine rings is 1. The lowest BCUT2D eigenvalue weighted by atomic mass is 10.3. The van der Waals surface area contributed by atoms with Gasteiger partial charge in [-0.3, -0.25) is 4.79 Å². The zero-order valence-electron chi connectivity index (χ0n) is 9.38. The minimum absolute atomic E-state index is 0.241. The zero-order chi connectivity index (χ0) is 13.1. The first-order chi connectivity index (χ1) is 8.65. The molecule has 0 aliphatic heterocycles. The van der Waals surface area contributed by atoms with Crippen molar-refractivity contribution in [1.82, 2.24) is 20.1 Å². The second-order valence-corrected chi connectivity index (χ2v) is 4.27. The largest absolute Gasteiger partial charge is 0.354 e. The van der Waals surface area contributed by atoms with Gasteiger partial charge in [-0.1, -0.05) is 0 Å². The van der Waals surface area contributed by atoms with Crippen LogP contribution in [0.5, 0.6) is 0 Å². The van der Waals surface area contributed by atoms with Crippen LogP contribution in [0.15, 0.2) is 29.0 Å². The molecule has 0 fully saturated rings. The number of amides is 1. The lowest BCUT2D eigenvalue weighted by molar-refractivity contribution is 0.0957. The number of carbonyl (C=O) groups is 1. The summed E-state index contributed by atoms with van der Waals surface area (Å²) < 4.78 is 2.18. The van der Waals surface area contributed by atoms with Crippen molar-refractivity contribution in [2.24, 2.45) is 0 Å². The molecule has 2 aromatic rings. The van der Waals surface area contributed by atoms with Crippen molar-refractivity contribution >= 4 is 21.8 Å². The van der Waals surface area contributed by atoms with Crippen molar-refractivity contribution in [2.75, 3.05) is 7.05 Å². The Morgan fingerprint density at radius 2 is 2.39 bits per heavy atom. The maximum atomic E-state index is 11.4. The molecule has 0 bridgehead atoms. The molecule has 0 unspecified atom stereocenters. The van der Waals surface area contributed by atoms with Gasteiger partial charge in [0.1, 0.15) is 11.8 Å². The highest BCUT2D eigenvalue weighted by molar-refractivity contribution is 9.10. The number of nitrogens with one attached hydrogen (secondary N) is 1. The van der Waals surface area contributed by atoms with Gasteiger partial charge in [0.25, 0.3) is 5.91 Å². The number of aromatic nitrogens is 3. The van der Waals surface area contributed by atoms with Crippen LogP contribution in [0, 0.1) is 11.3 Å². The summed E-state index contributed by atoms with van der Waals surface area (Å²) >= 11 is 3.28. The molecule has 18 heavy (non-hydrogen) atoms. The van der Waals surface area contributed by atoms with E-state index >= 15 is 0 Å². The Kier molecular flexibility index (Phi) is 3.39. The smallest absolute Gasteiger partial charge is 0.271 e. The van der Waals surface area contributed by atoms with Crippen LogP contribution in [0.3, 0.4) is 0 Å². The summed E-state index contributed by atoms with van der Waals surface area (Å²) in [6.07, 6.45) is 3.14. The van der Waals surface area contributed by atoms with Gasteiger partial charge in [0, 0.05) is 23.9 Å². The highest BCUT2D eigenvalue weighted by Gasteiger charge is 2.11. The van der Waals surface area contributed by atoms with Gasteiger partial charge in [-0.05, 0) is 28.1 Å². The van der Waals surface area contributed by atoms with Gasteiger partial charge in [-0.25, -0.2) is 9.67 Å². The van der Waals surface area contributed by atoms with Crippen LogP contribution >= 0.6 is 15.9 Å². The first-order valence-electron chi connectivity index (χ1n) is 4.99. The summed E-state index contributed by atoms with van der Waals surface area (Å²) in [4.78, 5) is 15.4. The average Bonchev–Trinajstić information content (AvgIpc) is 2.87. The first-order valence-corrected chi connectivity index (χ1v) is 5.78. The van der Waals surface area contributed by atoms with Crippen molar-refractivity contribution in [3.63, 3.8) is 0 Å². The van der Waals surface area contributed by atoms with E-state index < -0.39 is 0 Å². The number of hydrogen-bond donors (Lipinski definition) is 1. The van der Waals surface area contributed by atoms with Crippen LogP contribution in [0.2, 0.25) is 0 Å². The summed E-state index contributed by atoms with van der Waals surface area (Å²) in [5, 5.41) is 15.6. The first kappa shape index (κ1) is 12.3. The maximum Gasteiger partial charge on any atom is 0.271 e. The average molecular weight is 306 g/mol. The summed E-state index contributed by atoms with van der Waals surface area (Å²) in [5.41, 5.74) is 1.04. The fraction of sp³-hybridized carbons (Fsp3) is 0.0909. The quantitative estimate of drug-likeness (QED) is 0.905. The maximum absolute atomic E-state index is 11.4. The number of halogens is 1. The van der Waals surface area contributed by atoms with E-state index in [4.69, 9.17) is 5.26 Å². The molecule has 1 amide bonds. The molecule has 0 aliphatic carbocycles. The molecule has 0 saturated carbocycles. The molecule has 0 aromatic carbocycles. The second kappa shape index (κ2) is 4.98. The molecule has 0 spiro atoms. The molecule has 7 heteroatoms. The fourth-order valence-electron chi connectivity index (χ4n) is 1.40. The number of nitriles is 1. The second-order valence-electron chi connectivity index (χ2n) is 3.36. The van der Waals surface area contributed by atoms with E-state index in [9.17, 15) is 4.79 Å². The van der Waals surface area contributed by atoms with Crippen LogP contribution in [-0.2, 0) is 0 Å². The van der Waals surface area contributed by atoms with E-state index in [0.29, 0.717) is 5.69 Å². The van der Waals surface area contributed by atoms with E-state index in [1.165, 1.54) is 17.9 Å². The van der Waals surface area contributed by atoms with E-state index in [2.05, 4.69) is 31.3 Å². The van der Waals surface area contributed by atoms with Gasteiger partial charge in [0.05, 0.1) is 0 Å². The predicted molar refractivity (Wildman–Crippen MR) is 67.2 cm³/mol. The molecule has 2 rings (SSSR count). The third-order valence-electron chi connectivity index (χ3n) is 2.24. The monoisotopic (exact) mass is 305 g/mol. The Bertz CT molecular complexity index is 643. The molecular formula is C11H8BrN5O. The lowest BCUT2D eigenvalue weighted by Crippen LogP contribution is -2.18. The van der Waals surface area contributed by atoms with Gasteiger partial charge in [0.2, 0.25) is 0 Å². The van der Waals surface area contributed by atoms with Crippen LogP contribution in [-0.4, -0.2) is 27.7 Å². The van der Waals surface area contributed by atoms with E-state index in [0.717, 1.165) is 4.47 Å². The summed E-state index contributed by atoms with van der Waals surface area (Å²) in [6, 6.07) is 5.27. The number of carbonyl (C=O) groups excluding carboxylic acids is 1. The molecule has 0 saturated heterocycles. The molecule has 0 aliphatic rings. The Morgan fingerprint density at radius 3 is 3.06 bits per heavy atom. The third kappa shape index (κ3) is 2.24. The standard InChI is InChI=1S/C11H8BrN5O/c1-14-11(18)8-2-3-17(16-8)10-4-7(12)6-15-9(10)5-13/h2-4,6H,1H3,(H,14,18). The van der Waals surface area contributed by atoms with E-state index in [1.807, 2.05) is 6.07 Å². The minimum atomic E-state index is -0.282. The topological polar surface area (TPSA) is 83.6 Å². The van der Waals surface area contributed by atoms with Gasteiger partial charge >= 0.3 is 0 Å². The van der Waals surface area contributed by atoms with Crippen LogP contribution in [0.25, 0.3) is 5.69 Å². The van der Waals surface area contributed by atoms with Crippen molar-refractivity contribution in [3.8, 4) is 11.8 Å². The molecule has 6 nitrogen and oxygen atoms in total. The predicted octanol–water partition coefficient (Wildman–Crippen LogP) is 1.26. The SMILES string of the molecule is CNC(=O)c1ccn(-c2cc(Br)cnc2C#N)n1.